The van der Waals surface area contributed by atoms with Crippen LogP contribution >= 0.6 is 0 Å². The second-order valence-corrected chi connectivity index (χ2v) is 7.76. The number of methoxy groups -OCH3 is 2. The SMILES string of the molecule is CCN(C(C)=O)C(=O)C1CN2CCc3cc(OC)c(OC)cc3C2CC1OC(C)=O. The lowest BCUT2D eigenvalue weighted by Gasteiger charge is -2.46. The fourth-order valence-electron chi connectivity index (χ4n) is 4.64. The number of amides is 2. The van der Waals surface area contributed by atoms with Gasteiger partial charge in [0.05, 0.1) is 20.1 Å². The summed E-state index contributed by atoms with van der Waals surface area (Å²) in [4.78, 5) is 40.3. The van der Waals surface area contributed by atoms with E-state index >= 15 is 0 Å². The van der Waals surface area contributed by atoms with Crippen LogP contribution in [0.4, 0.5) is 0 Å². The molecule has 0 spiro atoms. The van der Waals surface area contributed by atoms with Gasteiger partial charge in [0.15, 0.2) is 11.5 Å². The molecule has 3 atom stereocenters. The molecular formula is C22H30N2O6. The van der Waals surface area contributed by atoms with Crippen LogP contribution in [0.25, 0.3) is 0 Å². The van der Waals surface area contributed by atoms with E-state index in [4.69, 9.17) is 14.2 Å². The van der Waals surface area contributed by atoms with Crippen LogP contribution in [0.3, 0.4) is 0 Å². The Morgan fingerprint density at radius 3 is 2.37 bits per heavy atom. The van der Waals surface area contributed by atoms with Crippen LogP contribution in [-0.2, 0) is 25.5 Å². The standard InChI is InChI=1S/C22H30N2O6/c1-6-24(13(2)25)22(27)17-12-23-8-7-15-9-20(28-4)21(29-5)10-16(15)18(23)11-19(17)30-14(3)26/h9-10,17-19H,6-8,11-12H2,1-5H3. The van der Waals surface area contributed by atoms with E-state index in [2.05, 4.69) is 4.90 Å². The second kappa shape index (κ2) is 9.04. The molecule has 3 unspecified atom stereocenters. The van der Waals surface area contributed by atoms with Crippen LogP contribution < -0.4 is 9.47 Å². The van der Waals surface area contributed by atoms with Gasteiger partial charge in [-0.15, -0.1) is 0 Å². The van der Waals surface area contributed by atoms with Gasteiger partial charge >= 0.3 is 5.97 Å². The molecule has 1 fully saturated rings. The van der Waals surface area contributed by atoms with Gasteiger partial charge in [0, 0.05) is 45.9 Å². The fourth-order valence-corrected chi connectivity index (χ4v) is 4.64. The Bertz CT molecular complexity index is 839. The first kappa shape index (κ1) is 22.1. The molecule has 0 bridgehead atoms. The molecule has 2 aliphatic heterocycles. The van der Waals surface area contributed by atoms with Crippen molar-refractivity contribution >= 4 is 17.8 Å². The van der Waals surface area contributed by atoms with Crippen molar-refractivity contribution in [2.45, 2.75) is 45.8 Å². The van der Waals surface area contributed by atoms with Crippen molar-refractivity contribution in [3.63, 3.8) is 0 Å². The number of hydrogen-bond donors (Lipinski definition) is 0. The number of imide groups is 1. The van der Waals surface area contributed by atoms with Crippen LogP contribution in [0.2, 0.25) is 0 Å². The number of esters is 1. The molecule has 0 aliphatic carbocycles. The molecule has 0 aromatic heterocycles. The van der Waals surface area contributed by atoms with Gasteiger partial charge in [-0.3, -0.25) is 24.2 Å². The molecule has 1 aromatic carbocycles. The van der Waals surface area contributed by atoms with Crippen molar-refractivity contribution in [3.8, 4) is 11.5 Å². The summed E-state index contributed by atoms with van der Waals surface area (Å²) in [5.41, 5.74) is 2.26. The molecule has 164 valence electrons. The van der Waals surface area contributed by atoms with Crippen molar-refractivity contribution in [2.24, 2.45) is 5.92 Å². The summed E-state index contributed by atoms with van der Waals surface area (Å²) in [5.74, 6) is -0.254. The Morgan fingerprint density at radius 2 is 1.80 bits per heavy atom. The third kappa shape index (κ3) is 4.14. The highest BCUT2D eigenvalue weighted by Gasteiger charge is 2.45. The molecule has 2 amide bonds. The highest BCUT2D eigenvalue weighted by atomic mass is 16.5. The van der Waals surface area contributed by atoms with E-state index in [0.29, 0.717) is 31.0 Å². The third-order valence-electron chi connectivity index (χ3n) is 6.05. The van der Waals surface area contributed by atoms with Gasteiger partial charge in [0.1, 0.15) is 6.10 Å². The molecule has 0 radical (unpaired) electrons. The number of rotatable bonds is 5. The van der Waals surface area contributed by atoms with Gasteiger partial charge in [-0.1, -0.05) is 0 Å². The summed E-state index contributed by atoms with van der Waals surface area (Å²) in [5, 5.41) is 0. The van der Waals surface area contributed by atoms with Gasteiger partial charge < -0.3 is 14.2 Å². The monoisotopic (exact) mass is 418 g/mol. The summed E-state index contributed by atoms with van der Waals surface area (Å²) in [6, 6.07) is 3.97. The Balaban J connectivity index is 1.95. The first-order chi connectivity index (χ1) is 14.3. The molecule has 2 aliphatic rings. The minimum Gasteiger partial charge on any atom is -0.493 e. The highest BCUT2D eigenvalue weighted by molar-refractivity contribution is 5.95. The molecule has 3 rings (SSSR count). The maximum Gasteiger partial charge on any atom is 0.302 e. The first-order valence-electron chi connectivity index (χ1n) is 10.3. The van der Waals surface area contributed by atoms with E-state index in [1.807, 2.05) is 12.1 Å². The quantitative estimate of drug-likeness (QED) is 0.676. The zero-order chi connectivity index (χ0) is 22.0. The van der Waals surface area contributed by atoms with Crippen molar-refractivity contribution in [1.29, 1.82) is 0 Å². The lowest BCUT2D eigenvalue weighted by Crippen LogP contribution is -2.55. The van der Waals surface area contributed by atoms with E-state index in [1.54, 1.807) is 21.1 Å². The van der Waals surface area contributed by atoms with Crippen LogP contribution in [0.5, 0.6) is 11.5 Å². The molecule has 0 saturated carbocycles. The minimum absolute atomic E-state index is 0.00522. The molecule has 1 aromatic rings. The number of benzene rings is 1. The topological polar surface area (TPSA) is 85.4 Å². The van der Waals surface area contributed by atoms with E-state index in [9.17, 15) is 14.4 Å². The number of nitrogens with zero attached hydrogens (tertiary/aromatic N) is 2. The number of ether oxygens (including phenoxy) is 3. The zero-order valence-electron chi connectivity index (χ0n) is 18.3. The highest BCUT2D eigenvalue weighted by Crippen LogP contribution is 2.43. The lowest BCUT2D eigenvalue weighted by molar-refractivity contribution is -0.162. The molecule has 8 nitrogen and oxygen atoms in total. The summed E-state index contributed by atoms with van der Waals surface area (Å²) in [6.07, 6.45) is 0.701. The summed E-state index contributed by atoms with van der Waals surface area (Å²) in [6.45, 7) is 5.99. The Morgan fingerprint density at radius 1 is 1.13 bits per heavy atom. The molecular weight excluding hydrogens is 388 g/mol. The van der Waals surface area contributed by atoms with Gasteiger partial charge in [-0.05, 0) is 36.6 Å². The average Bonchev–Trinajstić information content (AvgIpc) is 2.71. The minimum atomic E-state index is -0.594. The lowest BCUT2D eigenvalue weighted by atomic mass is 9.81. The van der Waals surface area contributed by atoms with E-state index in [0.717, 1.165) is 18.5 Å². The van der Waals surface area contributed by atoms with Crippen molar-refractivity contribution in [1.82, 2.24) is 9.80 Å². The molecule has 0 N–H and O–H groups in total. The van der Waals surface area contributed by atoms with Gasteiger partial charge in [0.25, 0.3) is 0 Å². The smallest absolute Gasteiger partial charge is 0.302 e. The van der Waals surface area contributed by atoms with Crippen molar-refractivity contribution in [3.05, 3.63) is 23.3 Å². The largest absolute Gasteiger partial charge is 0.493 e. The number of carbonyl (C=O) groups excluding carboxylic acids is 3. The predicted octanol–water partition coefficient (Wildman–Crippen LogP) is 1.95. The molecule has 30 heavy (non-hydrogen) atoms. The summed E-state index contributed by atoms with van der Waals surface area (Å²) >= 11 is 0. The van der Waals surface area contributed by atoms with E-state index < -0.39 is 18.0 Å². The maximum atomic E-state index is 13.1. The van der Waals surface area contributed by atoms with Crippen LogP contribution in [-0.4, -0.2) is 67.5 Å². The predicted molar refractivity (Wildman–Crippen MR) is 109 cm³/mol. The Labute approximate surface area is 177 Å². The fraction of sp³-hybridized carbons (Fsp3) is 0.591. The number of fused-ring (bicyclic) bond motifs is 3. The number of hydrogen-bond acceptors (Lipinski definition) is 7. The third-order valence-corrected chi connectivity index (χ3v) is 6.05. The number of piperidine rings is 1. The first-order valence-corrected chi connectivity index (χ1v) is 10.3. The Kier molecular flexibility index (Phi) is 6.65. The molecule has 1 saturated heterocycles. The van der Waals surface area contributed by atoms with Crippen LogP contribution in [0.1, 0.15) is 44.4 Å². The van der Waals surface area contributed by atoms with Crippen LogP contribution in [0.15, 0.2) is 12.1 Å². The molecule has 2 heterocycles. The second-order valence-electron chi connectivity index (χ2n) is 7.76. The zero-order valence-corrected chi connectivity index (χ0v) is 18.3. The van der Waals surface area contributed by atoms with E-state index in [-0.39, 0.29) is 17.9 Å². The normalized spacial score (nSPS) is 23.0. The van der Waals surface area contributed by atoms with Crippen molar-refractivity contribution < 1.29 is 28.6 Å². The Hall–Kier alpha value is -2.61. The molecule has 8 heteroatoms. The average molecular weight is 418 g/mol. The number of carbonyl (C=O) groups is 3. The maximum absolute atomic E-state index is 13.1. The van der Waals surface area contributed by atoms with E-state index in [1.165, 1.54) is 24.3 Å². The van der Waals surface area contributed by atoms with Crippen LogP contribution in [0, 0.1) is 5.92 Å². The van der Waals surface area contributed by atoms with Gasteiger partial charge in [0.2, 0.25) is 11.8 Å². The summed E-state index contributed by atoms with van der Waals surface area (Å²) in [7, 11) is 3.21. The van der Waals surface area contributed by atoms with Gasteiger partial charge in [-0.2, -0.15) is 0 Å². The van der Waals surface area contributed by atoms with Gasteiger partial charge in [-0.25, -0.2) is 0 Å². The summed E-state index contributed by atoms with van der Waals surface area (Å²) < 4.78 is 16.5. The van der Waals surface area contributed by atoms with Crippen molar-refractivity contribution in [2.75, 3.05) is 33.9 Å².